The van der Waals surface area contributed by atoms with Crippen LogP contribution in [0.15, 0.2) is 0 Å². The molecule has 2 aliphatic rings. The Morgan fingerprint density at radius 3 is 2.76 bits per heavy atom. The normalized spacial score (nSPS) is 24.9. The third-order valence-corrected chi connectivity index (χ3v) is 6.15. The maximum absolute atomic E-state index is 9.59. The van der Waals surface area contributed by atoms with E-state index in [1.807, 2.05) is 0 Å². The SMILES string of the molecule is CCC(C)c1nc(N2CCC(N3CCCC3)C2)sc1CO. The summed E-state index contributed by atoms with van der Waals surface area (Å²) in [4.78, 5) is 11.0. The number of likely N-dealkylation sites (tertiary alicyclic amines) is 1. The predicted octanol–water partition coefficient (Wildman–Crippen LogP) is 2.82. The summed E-state index contributed by atoms with van der Waals surface area (Å²) in [6, 6.07) is 0.709. The fourth-order valence-corrected chi connectivity index (χ4v) is 4.57. The van der Waals surface area contributed by atoms with E-state index in [1.165, 1.54) is 32.4 Å². The monoisotopic (exact) mass is 309 g/mol. The van der Waals surface area contributed by atoms with Gasteiger partial charge in [0.1, 0.15) is 0 Å². The van der Waals surface area contributed by atoms with Gasteiger partial charge < -0.3 is 10.0 Å². The molecule has 1 aromatic heterocycles. The van der Waals surface area contributed by atoms with Crippen LogP contribution >= 0.6 is 11.3 Å². The molecule has 3 heterocycles. The highest BCUT2D eigenvalue weighted by molar-refractivity contribution is 7.15. The van der Waals surface area contributed by atoms with Gasteiger partial charge in [-0.15, -0.1) is 0 Å². The number of hydrogen-bond acceptors (Lipinski definition) is 5. The number of rotatable bonds is 5. The van der Waals surface area contributed by atoms with Crippen LogP contribution in [0.2, 0.25) is 0 Å². The summed E-state index contributed by atoms with van der Waals surface area (Å²) in [6.45, 7) is 9.28. The van der Waals surface area contributed by atoms with E-state index in [0.29, 0.717) is 12.0 Å². The first-order chi connectivity index (χ1) is 10.2. The molecular weight excluding hydrogens is 282 g/mol. The molecule has 21 heavy (non-hydrogen) atoms. The lowest BCUT2D eigenvalue weighted by atomic mass is 10.0. The maximum Gasteiger partial charge on any atom is 0.185 e. The van der Waals surface area contributed by atoms with Gasteiger partial charge in [0.25, 0.3) is 0 Å². The molecule has 2 fully saturated rings. The number of anilines is 1. The van der Waals surface area contributed by atoms with Gasteiger partial charge in [0, 0.05) is 19.1 Å². The van der Waals surface area contributed by atoms with Gasteiger partial charge in [0.15, 0.2) is 5.13 Å². The largest absolute Gasteiger partial charge is 0.391 e. The average Bonchev–Trinajstić information content (AvgIpc) is 3.23. The highest BCUT2D eigenvalue weighted by Gasteiger charge is 2.31. The smallest absolute Gasteiger partial charge is 0.185 e. The lowest BCUT2D eigenvalue weighted by Crippen LogP contribution is -2.35. The number of nitrogens with zero attached hydrogens (tertiary/aromatic N) is 3. The van der Waals surface area contributed by atoms with Gasteiger partial charge in [-0.3, -0.25) is 4.90 Å². The van der Waals surface area contributed by atoms with E-state index in [-0.39, 0.29) is 6.61 Å². The Kier molecular flexibility index (Phi) is 4.82. The summed E-state index contributed by atoms with van der Waals surface area (Å²) in [5, 5.41) is 10.7. The van der Waals surface area contributed by atoms with Crippen molar-refractivity contribution in [3.63, 3.8) is 0 Å². The third kappa shape index (κ3) is 3.10. The van der Waals surface area contributed by atoms with Gasteiger partial charge in [0.05, 0.1) is 17.2 Å². The van der Waals surface area contributed by atoms with E-state index in [4.69, 9.17) is 4.98 Å². The van der Waals surface area contributed by atoms with Gasteiger partial charge in [-0.25, -0.2) is 4.98 Å². The number of hydrogen-bond donors (Lipinski definition) is 1. The highest BCUT2D eigenvalue weighted by Crippen LogP contribution is 2.34. The van der Waals surface area contributed by atoms with Crippen LogP contribution in [0.4, 0.5) is 5.13 Å². The molecule has 1 N–H and O–H groups in total. The first-order valence-corrected chi connectivity index (χ1v) is 9.14. The Hall–Kier alpha value is -0.650. The maximum atomic E-state index is 9.59. The summed E-state index contributed by atoms with van der Waals surface area (Å²) in [7, 11) is 0. The second-order valence-corrected chi connectivity index (χ2v) is 7.47. The molecule has 2 saturated heterocycles. The fourth-order valence-electron chi connectivity index (χ4n) is 3.50. The summed E-state index contributed by atoms with van der Waals surface area (Å²) >= 11 is 1.69. The molecule has 0 radical (unpaired) electrons. The Morgan fingerprint density at radius 1 is 1.33 bits per heavy atom. The zero-order valence-electron chi connectivity index (χ0n) is 13.2. The summed E-state index contributed by atoms with van der Waals surface area (Å²) in [5.41, 5.74) is 1.12. The minimum atomic E-state index is 0.126. The van der Waals surface area contributed by atoms with Gasteiger partial charge >= 0.3 is 0 Å². The molecular formula is C16H27N3OS. The summed E-state index contributed by atoms with van der Waals surface area (Å²) in [5.74, 6) is 0.439. The van der Waals surface area contributed by atoms with Crippen molar-refractivity contribution in [2.75, 3.05) is 31.1 Å². The van der Waals surface area contributed by atoms with E-state index in [0.717, 1.165) is 35.2 Å². The molecule has 0 spiro atoms. The van der Waals surface area contributed by atoms with Crippen molar-refractivity contribution in [1.82, 2.24) is 9.88 Å². The molecule has 2 atom stereocenters. The molecule has 0 bridgehead atoms. The number of thiazole rings is 1. The number of aromatic nitrogens is 1. The van der Waals surface area contributed by atoms with Crippen molar-refractivity contribution in [2.45, 2.75) is 58.1 Å². The average molecular weight is 309 g/mol. The second-order valence-electron chi connectivity index (χ2n) is 6.40. The molecule has 118 valence electrons. The van der Waals surface area contributed by atoms with Gasteiger partial charge in [-0.1, -0.05) is 25.2 Å². The van der Waals surface area contributed by atoms with E-state index in [9.17, 15) is 5.11 Å². The lowest BCUT2D eigenvalue weighted by molar-refractivity contribution is 0.260. The lowest BCUT2D eigenvalue weighted by Gasteiger charge is -2.23. The second kappa shape index (κ2) is 6.63. The van der Waals surface area contributed by atoms with Crippen molar-refractivity contribution >= 4 is 16.5 Å². The Morgan fingerprint density at radius 2 is 2.10 bits per heavy atom. The Labute approximate surface area is 131 Å². The van der Waals surface area contributed by atoms with Crippen LogP contribution in [0.25, 0.3) is 0 Å². The third-order valence-electron chi connectivity index (χ3n) is 5.03. The first-order valence-electron chi connectivity index (χ1n) is 8.32. The van der Waals surface area contributed by atoms with Crippen LogP contribution in [0.3, 0.4) is 0 Å². The predicted molar refractivity (Wildman–Crippen MR) is 88.2 cm³/mol. The zero-order valence-corrected chi connectivity index (χ0v) is 14.0. The van der Waals surface area contributed by atoms with Crippen molar-refractivity contribution in [3.05, 3.63) is 10.6 Å². The molecule has 0 aliphatic carbocycles. The number of aliphatic hydroxyl groups is 1. The van der Waals surface area contributed by atoms with Crippen LogP contribution in [-0.4, -0.2) is 47.2 Å². The minimum Gasteiger partial charge on any atom is -0.391 e. The van der Waals surface area contributed by atoms with Crippen molar-refractivity contribution in [1.29, 1.82) is 0 Å². The zero-order chi connectivity index (χ0) is 14.8. The first kappa shape index (κ1) is 15.3. The molecule has 0 amide bonds. The molecule has 5 heteroatoms. The molecule has 1 aromatic rings. The fraction of sp³-hybridized carbons (Fsp3) is 0.812. The molecule has 2 aliphatic heterocycles. The van der Waals surface area contributed by atoms with Crippen LogP contribution in [-0.2, 0) is 6.61 Å². The van der Waals surface area contributed by atoms with Crippen molar-refractivity contribution in [3.8, 4) is 0 Å². The van der Waals surface area contributed by atoms with E-state index < -0.39 is 0 Å². The van der Waals surface area contributed by atoms with E-state index in [2.05, 4.69) is 23.6 Å². The Bertz CT molecular complexity index is 470. The molecule has 3 rings (SSSR count). The van der Waals surface area contributed by atoms with Gasteiger partial charge in [-0.2, -0.15) is 0 Å². The van der Waals surface area contributed by atoms with Crippen molar-refractivity contribution in [2.24, 2.45) is 0 Å². The van der Waals surface area contributed by atoms with Gasteiger partial charge in [0.2, 0.25) is 0 Å². The highest BCUT2D eigenvalue weighted by atomic mass is 32.1. The number of aliphatic hydroxyl groups excluding tert-OH is 1. The minimum absolute atomic E-state index is 0.126. The van der Waals surface area contributed by atoms with Gasteiger partial charge in [-0.05, 0) is 44.7 Å². The molecule has 2 unspecified atom stereocenters. The van der Waals surface area contributed by atoms with Crippen LogP contribution in [0.5, 0.6) is 0 Å². The van der Waals surface area contributed by atoms with Crippen molar-refractivity contribution < 1.29 is 5.11 Å². The standard InChI is InChI=1S/C16H27N3OS/c1-3-12(2)15-14(11-20)21-16(17-15)19-9-6-13(10-19)18-7-4-5-8-18/h12-13,20H,3-11H2,1-2H3. The quantitative estimate of drug-likeness (QED) is 0.908. The van der Waals surface area contributed by atoms with Crippen LogP contribution in [0, 0.1) is 0 Å². The van der Waals surface area contributed by atoms with Crippen LogP contribution in [0.1, 0.15) is 56.0 Å². The summed E-state index contributed by atoms with van der Waals surface area (Å²) < 4.78 is 0. The van der Waals surface area contributed by atoms with Crippen LogP contribution < -0.4 is 4.90 Å². The van der Waals surface area contributed by atoms with E-state index >= 15 is 0 Å². The topological polar surface area (TPSA) is 39.6 Å². The van der Waals surface area contributed by atoms with E-state index in [1.54, 1.807) is 11.3 Å². The molecule has 0 aromatic carbocycles. The Balaban J connectivity index is 1.71. The summed E-state index contributed by atoms with van der Waals surface area (Å²) in [6.07, 6.45) is 5.06. The molecule has 4 nitrogen and oxygen atoms in total. The molecule has 0 saturated carbocycles.